The molecular weight excluding hydrogens is 489 g/mol. The Hall–Kier alpha value is -2.52. The van der Waals surface area contributed by atoms with Crippen molar-refractivity contribution in [2.45, 2.75) is 26.1 Å². The minimum absolute atomic E-state index is 0.0303. The van der Waals surface area contributed by atoms with E-state index in [-0.39, 0.29) is 24.1 Å². The van der Waals surface area contributed by atoms with Gasteiger partial charge in [-0.3, -0.25) is 9.69 Å². The van der Waals surface area contributed by atoms with E-state index in [0.29, 0.717) is 48.5 Å². The molecule has 4 rings (SSSR count). The fourth-order valence-electron chi connectivity index (χ4n) is 4.54. The molecule has 188 valence electrons. The number of anilines is 3. The lowest BCUT2D eigenvalue weighted by atomic mass is 10.2. The molecule has 2 saturated heterocycles. The van der Waals surface area contributed by atoms with E-state index in [4.69, 9.17) is 27.9 Å². The summed E-state index contributed by atoms with van der Waals surface area (Å²) in [4.78, 5) is 31.2. The average Bonchev–Trinajstić information content (AvgIpc) is 2.81. The first-order valence-electron chi connectivity index (χ1n) is 11.8. The number of benzene rings is 2. The third-order valence-corrected chi connectivity index (χ3v) is 6.77. The van der Waals surface area contributed by atoms with Gasteiger partial charge >= 0.3 is 6.03 Å². The molecule has 10 heteroatoms. The van der Waals surface area contributed by atoms with Crippen LogP contribution in [0.3, 0.4) is 0 Å². The molecule has 0 spiro atoms. The Morgan fingerprint density at radius 3 is 2.11 bits per heavy atom. The van der Waals surface area contributed by atoms with Crippen molar-refractivity contribution in [1.82, 2.24) is 9.80 Å². The van der Waals surface area contributed by atoms with Gasteiger partial charge < -0.3 is 25.2 Å². The highest BCUT2D eigenvalue weighted by Crippen LogP contribution is 2.30. The van der Waals surface area contributed by atoms with E-state index in [9.17, 15) is 9.59 Å². The van der Waals surface area contributed by atoms with Gasteiger partial charge in [-0.15, -0.1) is 0 Å². The minimum Gasteiger partial charge on any atom is -0.373 e. The van der Waals surface area contributed by atoms with Crippen LogP contribution in [0.1, 0.15) is 13.8 Å². The molecule has 2 unspecified atom stereocenters. The number of urea groups is 1. The van der Waals surface area contributed by atoms with E-state index in [1.54, 1.807) is 23.1 Å². The summed E-state index contributed by atoms with van der Waals surface area (Å²) in [5.41, 5.74) is 2.24. The lowest BCUT2D eigenvalue weighted by Crippen LogP contribution is -2.50. The molecule has 0 aromatic heterocycles. The summed E-state index contributed by atoms with van der Waals surface area (Å²) in [5, 5.41) is 6.61. The van der Waals surface area contributed by atoms with Crippen molar-refractivity contribution < 1.29 is 14.3 Å². The Bertz CT molecular complexity index is 1010. The Morgan fingerprint density at radius 2 is 1.51 bits per heavy atom. The maximum Gasteiger partial charge on any atom is 0.322 e. The number of piperazine rings is 1. The van der Waals surface area contributed by atoms with E-state index >= 15 is 0 Å². The van der Waals surface area contributed by atoms with Crippen molar-refractivity contribution in [3.8, 4) is 0 Å². The largest absolute Gasteiger partial charge is 0.373 e. The standard InChI is InChI=1S/C25H31Cl2N5O3/c1-17-14-30(15-18(2)35-17)16-23(33)28-19-6-8-20(9-7-19)31-10-12-32(13-11-31)25(34)29-24-21(26)4-3-5-22(24)27/h3-9,17-18H,10-16H2,1-2H3,(H,28,33)(H,29,34). The number of carbonyl (C=O) groups is 2. The molecule has 2 atom stereocenters. The van der Waals surface area contributed by atoms with Crippen LogP contribution >= 0.6 is 23.2 Å². The van der Waals surface area contributed by atoms with E-state index in [1.165, 1.54) is 0 Å². The monoisotopic (exact) mass is 519 g/mol. The minimum atomic E-state index is -0.221. The molecule has 3 amide bonds. The first-order chi connectivity index (χ1) is 16.8. The number of carbonyl (C=O) groups excluding carboxylic acids is 2. The number of halogens is 2. The van der Waals surface area contributed by atoms with E-state index < -0.39 is 0 Å². The third kappa shape index (κ3) is 6.79. The number of para-hydroxylation sites is 1. The molecule has 2 heterocycles. The van der Waals surface area contributed by atoms with Crippen LogP contribution in [0.4, 0.5) is 21.9 Å². The van der Waals surface area contributed by atoms with Crippen molar-refractivity contribution in [3.63, 3.8) is 0 Å². The summed E-state index contributed by atoms with van der Waals surface area (Å²) in [7, 11) is 0. The van der Waals surface area contributed by atoms with Gasteiger partial charge in [-0.25, -0.2) is 4.79 Å². The number of morpholine rings is 1. The van der Waals surface area contributed by atoms with Crippen LogP contribution in [0.15, 0.2) is 42.5 Å². The van der Waals surface area contributed by atoms with Gasteiger partial charge in [0.25, 0.3) is 0 Å². The number of nitrogens with one attached hydrogen (secondary N) is 2. The molecule has 2 aromatic rings. The predicted octanol–water partition coefficient (Wildman–Crippen LogP) is 4.40. The second kappa shape index (κ2) is 11.5. The van der Waals surface area contributed by atoms with Gasteiger partial charge in [-0.05, 0) is 50.2 Å². The first-order valence-corrected chi connectivity index (χ1v) is 12.6. The van der Waals surface area contributed by atoms with Gasteiger partial charge in [-0.2, -0.15) is 0 Å². The lowest BCUT2D eigenvalue weighted by Gasteiger charge is -2.36. The molecular formula is C25H31Cl2N5O3. The summed E-state index contributed by atoms with van der Waals surface area (Å²) < 4.78 is 5.73. The van der Waals surface area contributed by atoms with Crippen LogP contribution in [0, 0.1) is 0 Å². The average molecular weight is 520 g/mol. The Labute approximate surface area is 216 Å². The van der Waals surface area contributed by atoms with E-state index in [1.807, 2.05) is 38.1 Å². The zero-order valence-electron chi connectivity index (χ0n) is 20.0. The molecule has 0 radical (unpaired) electrons. The maximum atomic E-state index is 12.7. The Balaban J connectivity index is 1.25. The molecule has 0 bridgehead atoms. The molecule has 0 aliphatic carbocycles. The summed E-state index contributed by atoms with van der Waals surface area (Å²) in [6.45, 7) is 8.46. The van der Waals surface area contributed by atoms with Crippen molar-refractivity contribution in [2.24, 2.45) is 0 Å². The van der Waals surface area contributed by atoms with Gasteiger partial charge in [-0.1, -0.05) is 29.3 Å². The number of nitrogens with zero attached hydrogens (tertiary/aromatic N) is 3. The second-order valence-electron chi connectivity index (χ2n) is 9.05. The molecule has 2 fully saturated rings. The number of ether oxygens (including phenoxy) is 1. The fraction of sp³-hybridized carbons (Fsp3) is 0.440. The van der Waals surface area contributed by atoms with E-state index in [0.717, 1.165) is 24.5 Å². The normalized spacial score (nSPS) is 21.0. The summed E-state index contributed by atoms with van der Waals surface area (Å²) in [6, 6.07) is 12.7. The topological polar surface area (TPSA) is 77.2 Å². The summed E-state index contributed by atoms with van der Waals surface area (Å²) >= 11 is 12.3. The molecule has 2 aromatic carbocycles. The van der Waals surface area contributed by atoms with Crippen LogP contribution in [0.2, 0.25) is 10.0 Å². The summed E-state index contributed by atoms with van der Waals surface area (Å²) in [6.07, 6.45) is 0.262. The predicted molar refractivity (Wildman–Crippen MR) is 141 cm³/mol. The summed E-state index contributed by atoms with van der Waals surface area (Å²) in [5.74, 6) is -0.0303. The number of amides is 3. The highest BCUT2D eigenvalue weighted by Gasteiger charge is 2.24. The van der Waals surface area contributed by atoms with Crippen molar-refractivity contribution in [3.05, 3.63) is 52.5 Å². The van der Waals surface area contributed by atoms with E-state index in [2.05, 4.69) is 20.4 Å². The second-order valence-corrected chi connectivity index (χ2v) is 9.86. The first kappa shape index (κ1) is 25.6. The number of hydrogen-bond acceptors (Lipinski definition) is 5. The van der Waals surface area contributed by atoms with Crippen molar-refractivity contribution in [2.75, 3.05) is 61.3 Å². The van der Waals surface area contributed by atoms with Gasteiger partial charge in [0.15, 0.2) is 0 Å². The lowest BCUT2D eigenvalue weighted by molar-refractivity contribution is -0.121. The molecule has 8 nitrogen and oxygen atoms in total. The van der Waals surface area contributed by atoms with Crippen LogP contribution in [0.25, 0.3) is 0 Å². The fourth-order valence-corrected chi connectivity index (χ4v) is 5.04. The molecule has 2 aliphatic rings. The van der Waals surface area contributed by atoms with Gasteiger partial charge in [0.1, 0.15) is 0 Å². The van der Waals surface area contributed by atoms with Crippen molar-refractivity contribution in [1.29, 1.82) is 0 Å². The van der Waals surface area contributed by atoms with Crippen molar-refractivity contribution >= 4 is 52.2 Å². The maximum absolute atomic E-state index is 12.7. The third-order valence-electron chi connectivity index (χ3n) is 6.14. The van der Waals surface area contributed by atoms with Crippen LogP contribution in [-0.2, 0) is 9.53 Å². The highest BCUT2D eigenvalue weighted by atomic mass is 35.5. The smallest absolute Gasteiger partial charge is 0.322 e. The van der Waals surface area contributed by atoms with Gasteiger partial charge in [0, 0.05) is 50.6 Å². The molecule has 35 heavy (non-hydrogen) atoms. The molecule has 0 saturated carbocycles. The zero-order chi connectivity index (χ0) is 24.9. The highest BCUT2D eigenvalue weighted by molar-refractivity contribution is 6.39. The Kier molecular flexibility index (Phi) is 8.38. The van der Waals surface area contributed by atoms with Crippen LogP contribution in [-0.4, -0.2) is 79.8 Å². The van der Waals surface area contributed by atoms with Crippen LogP contribution in [0.5, 0.6) is 0 Å². The number of rotatable bonds is 5. The van der Waals surface area contributed by atoms with Gasteiger partial charge in [0.2, 0.25) is 5.91 Å². The quantitative estimate of drug-likeness (QED) is 0.612. The Morgan fingerprint density at radius 1 is 0.914 bits per heavy atom. The SMILES string of the molecule is CC1CN(CC(=O)Nc2ccc(N3CCN(C(=O)Nc4c(Cl)cccc4Cl)CC3)cc2)CC(C)O1. The molecule has 2 N–H and O–H groups in total. The zero-order valence-corrected chi connectivity index (χ0v) is 21.5. The van der Waals surface area contributed by atoms with Gasteiger partial charge in [0.05, 0.1) is 34.5 Å². The number of hydrogen-bond donors (Lipinski definition) is 2. The molecule has 2 aliphatic heterocycles. The van der Waals surface area contributed by atoms with Crippen LogP contribution < -0.4 is 15.5 Å².